The van der Waals surface area contributed by atoms with E-state index < -0.39 is 0 Å². The van der Waals surface area contributed by atoms with E-state index in [2.05, 4.69) is 23.6 Å². The van der Waals surface area contributed by atoms with E-state index in [1.807, 2.05) is 18.2 Å². The molecule has 0 aromatic heterocycles. The Bertz CT molecular complexity index is 444. The van der Waals surface area contributed by atoms with E-state index in [0.717, 1.165) is 25.3 Å². The minimum Gasteiger partial charge on any atom is -0.380 e. The monoisotopic (exact) mass is 246 g/mol. The lowest BCUT2D eigenvalue weighted by Gasteiger charge is -2.38. The molecule has 0 bridgehead atoms. The average Bonchev–Trinajstić information content (AvgIpc) is 2.77. The Morgan fingerprint density at radius 2 is 2.28 bits per heavy atom. The molecule has 1 amide bonds. The fourth-order valence-corrected chi connectivity index (χ4v) is 2.43. The molecule has 1 aromatic carbocycles. The van der Waals surface area contributed by atoms with Gasteiger partial charge < -0.3 is 15.4 Å². The van der Waals surface area contributed by atoms with E-state index in [9.17, 15) is 4.79 Å². The first-order valence-corrected chi connectivity index (χ1v) is 6.36. The Morgan fingerprint density at radius 3 is 2.94 bits per heavy atom. The number of fused-ring (bicyclic) bond motifs is 1. The molecule has 4 nitrogen and oxygen atoms in total. The van der Waals surface area contributed by atoms with Gasteiger partial charge >= 0.3 is 0 Å². The number of anilines is 1. The molecular formula is C14H18N2O2. The van der Waals surface area contributed by atoms with E-state index in [4.69, 9.17) is 4.74 Å². The van der Waals surface area contributed by atoms with Crippen molar-refractivity contribution in [2.45, 2.75) is 19.4 Å². The molecule has 0 spiro atoms. The van der Waals surface area contributed by atoms with Crippen LogP contribution in [0.3, 0.4) is 0 Å². The fourth-order valence-electron chi connectivity index (χ4n) is 2.43. The van der Waals surface area contributed by atoms with Gasteiger partial charge in [-0.25, -0.2) is 0 Å². The summed E-state index contributed by atoms with van der Waals surface area (Å²) in [5.41, 5.74) is 2.42. The summed E-state index contributed by atoms with van der Waals surface area (Å²) in [6.07, 6.45) is 0.773. The summed E-state index contributed by atoms with van der Waals surface area (Å²) in [4.78, 5) is 12.1. The zero-order chi connectivity index (χ0) is 12.6. The second-order valence-electron chi connectivity index (χ2n) is 5.58. The maximum atomic E-state index is 12.1. The van der Waals surface area contributed by atoms with Crippen LogP contribution >= 0.6 is 0 Å². The SMILES string of the molecule is CC1(CNC(=O)[C@@H]2Cc3ccccc3N2)COC1. The van der Waals surface area contributed by atoms with Gasteiger partial charge in [-0.1, -0.05) is 25.1 Å². The Hall–Kier alpha value is -1.55. The fraction of sp³-hybridized carbons (Fsp3) is 0.500. The number of para-hydroxylation sites is 1. The molecule has 96 valence electrons. The van der Waals surface area contributed by atoms with Gasteiger partial charge in [0.25, 0.3) is 0 Å². The third-order valence-electron chi connectivity index (χ3n) is 3.68. The van der Waals surface area contributed by atoms with Crippen LogP contribution in [0, 0.1) is 5.41 Å². The number of benzene rings is 1. The van der Waals surface area contributed by atoms with E-state index >= 15 is 0 Å². The molecule has 1 fully saturated rings. The van der Waals surface area contributed by atoms with Crippen LogP contribution in [0.1, 0.15) is 12.5 Å². The van der Waals surface area contributed by atoms with Crippen molar-refractivity contribution in [1.29, 1.82) is 0 Å². The lowest BCUT2D eigenvalue weighted by molar-refractivity contribution is -0.127. The first-order valence-electron chi connectivity index (χ1n) is 6.36. The van der Waals surface area contributed by atoms with Crippen LogP contribution in [-0.4, -0.2) is 31.7 Å². The third-order valence-corrected chi connectivity index (χ3v) is 3.68. The van der Waals surface area contributed by atoms with Crippen molar-refractivity contribution in [2.24, 2.45) is 5.41 Å². The van der Waals surface area contributed by atoms with Crippen LogP contribution in [0.4, 0.5) is 5.69 Å². The number of ether oxygens (including phenoxy) is 1. The van der Waals surface area contributed by atoms with Crippen molar-refractivity contribution in [3.05, 3.63) is 29.8 Å². The average molecular weight is 246 g/mol. The van der Waals surface area contributed by atoms with Gasteiger partial charge in [-0.05, 0) is 11.6 Å². The number of amides is 1. The molecule has 3 rings (SSSR count). The highest BCUT2D eigenvalue weighted by Gasteiger charge is 2.35. The Morgan fingerprint density at radius 1 is 1.50 bits per heavy atom. The molecule has 0 saturated carbocycles. The molecule has 2 aliphatic rings. The van der Waals surface area contributed by atoms with Crippen LogP contribution < -0.4 is 10.6 Å². The zero-order valence-electron chi connectivity index (χ0n) is 10.5. The van der Waals surface area contributed by atoms with E-state index in [1.165, 1.54) is 5.56 Å². The molecule has 1 saturated heterocycles. The maximum absolute atomic E-state index is 12.1. The van der Waals surface area contributed by atoms with E-state index in [1.54, 1.807) is 0 Å². The van der Waals surface area contributed by atoms with Crippen molar-refractivity contribution in [3.8, 4) is 0 Å². The molecule has 4 heteroatoms. The minimum absolute atomic E-state index is 0.0827. The summed E-state index contributed by atoms with van der Waals surface area (Å²) in [5.74, 6) is 0.0827. The summed E-state index contributed by atoms with van der Waals surface area (Å²) in [6.45, 7) is 4.31. The maximum Gasteiger partial charge on any atom is 0.242 e. The van der Waals surface area contributed by atoms with Crippen molar-refractivity contribution in [1.82, 2.24) is 5.32 Å². The topological polar surface area (TPSA) is 50.4 Å². The highest BCUT2D eigenvalue weighted by molar-refractivity contribution is 5.87. The van der Waals surface area contributed by atoms with Crippen molar-refractivity contribution >= 4 is 11.6 Å². The highest BCUT2D eigenvalue weighted by atomic mass is 16.5. The van der Waals surface area contributed by atoms with Gasteiger partial charge in [-0.3, -0.25) is 4.79 Å². The van der Waals surface area contributed by atoms with E-state index in [-0.39, 0.29) is 17.4 Å². The summed E-state index contributed by atoms with van der Waals surface area (Å²) in [5, 5.41) is 6.28. The van der Waals surface area contributed by atoms with Crippen molar-refractivity contribution in [3.63, 3.8) is 0 Å². The zero-order valence-corrected chi connectivity index (χ0v) is 10.5. The third kappa shape index (κ3) is 2.08. The second-order valence-corrected chi connectivity index (χ2v) is 5.58. The number of carbonyl (C=O) groups excluding carboxylic acids is 1. The quantitative estimate of drug-likeness (QED) is 0.842. The second kappa shape index (κ2) is 4.28. The Kier molecular flexibility index (Phi) is 2.74. The number of nitrogens with one attached hydrogen (secondary N) is 2. The lowest BCUT2D eigenvalue weighted by atomic mass is 9.88. The molecule has 1 atom stereocenters. The van der Waals surface area contributed by atoms with E-state index in [0.29, 0.717) is 6.54 Å². The Balaban J connectivity index is 1.56. The van der Waals surface area contributed by atoms with Gasteiger partial charge in [0.15, 0.2) is 0 Å². The smallest absolute Gasteiger partial charge is 0.242 e. The van der Waals surface area contributed by atoms with Crippen molar-refractivity contribution < 1.29 is 9.53 Å². The molecule has 0 unspecified atom stereocenters. The van der Waals surface area contributed by atoms with Crippen LogP contribution in [0.15, 0.2) is 24.3 Å². The van der Waals surface area contributed by atoms with Gasteiger partial charge in [-0.15, -0.1) is 0 Å². The first-order chi connectivity index (χ1) is 8.66. The van der Waals surface area contributed by atoms with Crippen molar-refractivity contribution in [2.75, 3.05) is 25.1 Å². The van der Waals surface area contributed by atoms with Gasteiger partial charge in [0.1, 0.15) is 6.04 Å². The largest absolute Gasteiger partial charge is 0.380 e. The molecule has 2 heterocycles. The number of carbonyl (C=O) groups is 1. The predicted octanol–water partition coefficient (Wildman–Crippen LogP) is 1.18. The lowest BCUT2D eigenvalue weighted by Crippen LogP contribution is -2.51. The Labute approximate surface area is 107 Å². The van der Waals surface area contributed by atoms with Gasteiger partial charge in [0, 0.05) is 24.1 Å². The van der Waals surface area contributed by atoms with Crippen LogP contribution in [0.5, 0.6) is 0 Å². The predicted molar refractivity (Wildman–Crippen MR) is 69.5 cm³/mol. The highest BCUT2D eigenvalue weighted by Crippen LogP contribution is 2.27. The normalized spacial score (nSPS) is 23.7. The van der Waals surface area contributed by atoms with Gasteiger partial charge in [0.2, 0.25) is 5.91 Å². The summed E-state index contributed by atoms with van der Waals surface area (Å²) >= 11 is 0. The van der Waals surface area contributed by atoms with Crippen LogP contribution in [0.2, 0.25) is 0 Å². The van der Waals surface area contributed by atoms with Gasteiger partial charge in [-0.2, -0.15) is 0 Å². The molecule has 18 heavy (non-hydrogen) atoms. The number of rotatable bonds is 3. The molecule has 0 aliphatic carbocycles. The standard InChI is InChI=1S/C14H18N2O2/c1-14(8-18-9-14)7-15-13(17)12-6-10-4-2-3-5-11(10)16-12/h2-5,12,16H,6-9H2,1H3,(H,15,17)/t12-/m0/s1. The molecule has 0 radical (unpaired) electrons. The summed E-state index contributed by atoms with van der Waals surface area (Å²) < 4.78 is 5.18. The van der Waals surface area contributed by atoms with Crippen LogP contribution in [0.25, 0.3) is 0 Å². The summed E-state index contributed by atoms with van der Waals surface area (Å²) in [6, 6.07) is 7.94. The molecule has 2 aliphatic heterocycles. The molecular weight excluding hydrogens is 228 g/mol. The minimum atomic E-state index is -0.132. The molecule has 2 N–H and O–H groups in total. The number of hydrogen-bond donors (Lipinski definition) is 2. The first kappa shape index (κ1) is 11.5. The molecule has 1 aromatic rings. The van der Waals surface area contributed by atoms with Crippen LogP contribution in [-0.2, 0) is 16.0 Å². The van der Waals surface area contributed by atoms with Gasteiger partial charge in [0.05, 0.1) is 13.2 Å². The summed E-state index contributed by atoms with van der Waals surface area (Å²) in [7, 11) is 0. The number of hydrogen-bond acceptors (Lipinski definition) is 3.